The zero-order valence-corrected chi connectivity index (χ0v) is 16.6. The highest BCUT2D eigenvalue weighted by molar-refractivity contribution is 5.81. The molecule has 0 saturated carbocycles. The van der Waals surface area contributed by atoms with Crippen molar-refractivity contribution in [3.63, 3.8) is 0 Å². The Morgan fingerprint density at radius 3 is 2.29 bits per heavy atom. The van der Waals surface area contributed by atoms with Crippen molar-refractivity contribution in [1.29, 1.82) is 0 Å². The maximum atomic E-state index is 12.2. The molecule has 1 aromatic rings. The van der Waals surface area contributed by atoms with Crippen molar-refractivity contribution in [2.75, 3.05) is 32.8 Å². The van der Waals surface area contributed by atoms with E-state index in [0.717, 1.165) is 5.56 Å². The van der Waals surface area contributed by atoms with E-state index in [1.807, 2.05) is 20.8 Å². The zero-order valence-electron chi connectivity index (χ0n) is 16.6. The summed E-state index contributed by atoms with van der Waals surface area (Å²) < 4.78 is 41.2. The molecule has 1 rings (SSSR count). The number of nitrogens with zero attached hydrogens (tertiary/aromatic N) is 2. The monoisotopic (exact) mass is 402 g/mol. The predicted octanol–water partition coefficient (Wildman–Crippen LogP) is 2.94. The molecule has 0 unspecified atom stereocenters. The Hall–Kier alpha value is -2.45. The van der Waals surface area contributed by atoms with Crippen molar-refractivity contribution in [2.45, 2.75) is 39.9 Å². The number of hydrogen-bond donors (Lipinski definition) is 2. The molecule has 0 radical (unpaired) electrons. The summed E-state index contributed by atoms with van der Waals surface area (Å²) in [4.78, 5) is 18.2. The Morgan fingerprint density at radius 1 is 1.11 bits per heavy atom. The summed E-state index contributed by atoms with van der Waals surface area (Å²) >= 11 is 0. The van der Waals surface area contributed by atoms with Gasteiger partial charge in [0.1, 0.15) is 5.75 Å². The largest absolute Gasteiger partial charge is 0.484 e. The lowest BCUT2D eigenvalue weighted by molar-refractivity contribution is -0.153. The van der Waals surface area contributed by atoms with Gasteiger partial charge in [-0.1, -0.05) is 12.1 Å². The number of nitrogens with one attached hydrogen (secondary N) is 2. The first-order chi connectivity index (χ1) is 13.3. The van der Waals surface area contributed by atoms with Gasteiger partial charge in [0.05, 0.1) is 6.54 Å². The minimum Gasteiger partial charge on any atom is -0.484 e. The van der Waals surface area contributed by atoms with Crippen LogP contribution in [0, 0.1) is 0 Å². The van der Waals surface area contributed by atoms with Crippen molar-refractivity contribution >= 4 is 11.9 Å². The highest BCUT2D eigenvalue weighted by Gasteiger charge is 2.28. The average Bonchev–Trinajstić information content (AvgIpc) is 2.65. The summed E-state index contributed by atoms with van der Waals surface area (Å²) in [5, 5.41) is 6.21. The Bertz CT molecular complexity index is 615. The molecule has 28 heavy (non-hydrogen) atoms. The normalized spacial score (nSPS) is 11.9. The van der Waals surface area contributed by atoms with Crippen LogP contribution in [0.25, 0.3) is 0 Å². The third-order valence-corrected chi connectivity index (χ3v) is 3.84. The van der Waals surface area contributed by atoms with Gasteiger partial charge >= 0.3 is 6.18 Å². The van der Waals surface area contributed by atoms with Crippen LogP contribution in [-0.2, 0) is 11.3 Å². The van der Waals surface area contributed by atoms with Gasteiger partial charge in [0.25, 0.3) is 0 Å². The van der Waals surface area contributed by atoms with E-state index in [0.29, 0.717) is 45.1 Å². The van der Waals surface area contributed by atoms with Crippen molar-refractivity contribution in [3.05, 3.63) is 29.8 Å². The third kappa shape index (κ3) is 9.48. The summed E-state index contributed by atoms with van der Waals surface area (Å²) in [6.07, 6.45) is -3.99. The van der Waals surface area contributed by atoms with Crippen LogP contribution in [-0.4, -0.2) is 55.7 Å². The highest BCUT2D eigenvalue weighted by atomic mass is 19.4. The number of rotatable bonds is 10. The molecule has 0 aliphatic carbocycles. The van der Waals surface area contributed by atoms with E-state index >= 15 is 0 Å². The first-order valence-corrected chi connectivity index (χ1v) is 9.37. The Labute approximate surface area is 164 Å². The van der Waals surface area contributed by atoms with Gasteiger partial charge in [-0.3, -0.25) is 4.79 Å². The van der Waals surface area contributed by atoms with Gasteiger partial charge in [0.15, 0.2) is 12.6 Å². The second-order valence-electron chi connectivity index (χ2n) is 5.99. The number of alkyl halides is 3. The van der Waals surface area contributed by atoms with E-state index in [1.165, 1.54) is 12.1 Å². The molecule has 6 nitrogen and oxygen atoms in total. The molecular weight excluding hydrogens is 373 g/mol. The van der Waals surface area contributed by atoms with Crippen LogP contribution >= 0.6 is 0 Å². The van der Waals surface area contributed by atoms with Crippen LogP contribution in [0.5, 0.6) is 5.75 Å². The number of aliphatic imine (C=N–C) groups is 1. The molecular formula is C19H29F3N4O2. The summed E-state index contributed by atoms with van der Waals surface area (Å²) in [5.41, 5.74) is 0.829. The van der Waals surface area contributed by atoms with Gasteiger partial charge in [-0.15, -0.1) is 0 Å². The van der Waals surface area contributed by atoms with Crippen molar-refractivity contribution in [1.82, 2.24) is 15.5 Å². The molecule has 0 aromatic heterocycles. The van der Waals surface area contributed by atoms with Crippen molar-refractivity contribution < 1.29 is 22.7 Å². The fraction of sp³-hybridized carbons (Fsp3) is 0.579. The van der Waals surface area contributed by atoms with Gasteiger partial charge in [0, 0.05) is 32.6 Å². The van der Waals surface area contributed by atoms with Crippen LogP contribution in [0.3, 0.4) is 0 Å². The van der Waals surface area contributed by atoms with E-state index in [2.05, 4.69) is 20.4 Å². The molecule has 0 atom stereocenters. The Balaban J connectivity index is 2.53. The summed E-state index contributed by atoms with van der Waals surface area (Å²) in [6, 6.07) is 6.31. The number of ether oxygens (including phenoxy) is 1. The van der Waals surface area contributed by atoms with Crippen LogP contribution in [0.1, 0.15) is 32.8 Å². The van der Waals surface area contributed by atoms with E-state index < -0.39 is 12.8 Å². The first-order valence-electron chi connectivity index (χ1n) is 9.37. The van der Waals surface area contributed by atoms with Gasteiger partial charge in [-0.2, -0.15) is 13.2 Å². The number of carbonyl (C=O) groups excluding carboxylic acids is 1. The molecule has 0 aliphatic rings. The fourth-order valence-electron chi connectivity index (χ4n) is 2.39. The van der Waals surface area contributed by atoms with Crippen LogP contribution < -0.4 is 15.4 Å². The molecule has 158 valence electrons. The second-order valence-corrected chi connectivity index (χ2v) is 5.99. The van der Waals surface area contributed by atoms with Crippen LogP contribution in [0.2, 0.25) is 0 Å². The average molecular weight is 402 g/mol. The highest BCUT2D eigenvalue weighted by Crippen LogP contribution is 2.19. The van der Waals surface area contributed by atoms with Crippen LogP contribution in [0.4, 0.5) is 13.2 Å². The molecule has 0 heterocycles. The standard InChI is InChI=1S/C19H29F3N4O2/c1-4-23-18(24-12-11-17(27)26(5-2)6-3)25-13-15-7-9-16(10-8-15)28-14-19(20,21)22/h7-10H,4-6,11-14H2,1-3H3,(H2,23,24,25). The van der Waals surface area contributed by atoms with Gasteiger partial charge in [-0.25, -0.2) is 4.99 Å². The number of benzene rings is 1. The van der Waals surface area contributed by atoms with Gasteiger partial charge in [-0.05, 0) is 38.5 Å². The Morgan fingerprint density at radius 2 is 1.75 bits per heavy atom. The molecule has 0 bridgehead atoms. The molecule has 2 N–H and O–H groups in total. The number of hydrogen-bond acceptors (Lipinski definition) is 3. The number of amides is 1. The molecule has 0 saturated heterocycles. The summed E-state index contributed by atoms with van der Waals surface area (Å²) in [5.74, 6) is 0.819. The quantitative estimate of drug-likeness (QED) is 0.467. The summed E-state index contributed by atoms with van der Waals surface area (Å²) in [6.45, 7) is 7.36. The minimum atomic E-state index is -4.36. The van der Waals surface area contributed by atoms with E-state index in [-0.39, 0.29) is 11.7 Å². The van der Waals surface area contributed by atoms with E-state index in [9.17, 15) is 18.0 Å². The fourth-order valence-corrected chi connectivity index (χ4v) is 2.39. The smallest absolute Gasteiger partial charge is 0.422 e. The maximum absolute atomic E-state index is 12.2. The van der Waals surface area contributed by atoms with Gasteiger partial charge in [0.2, 0.25) is 5.91 Å². The number of carbonyl (C=O) groups is 1. The van der Waals surface area contributed by atoms with Crippen molar-refractivity contribution in [2.24, 2.45) is 4.99 Å². The molecule has 1 aromatic carbocycles. The lowest BCUT2D eigenvalue weighted by atomic mass is 10.2. The zero-order chi connectivity index (χ0) is 21.0. The molecule has 0 spiro atoms. The lowest BCUT2D eigenvalue weighted by Gasteiger charge is -2.19. The second kappa shape index (κ2) is 12.1. The molecule has 9 heteroatoms. The van der Waals surface area contributed by atoms with Crippen LogP contribution in [0.15, 0.2) is 29.3 Å². The third-order valence-electron chi connectivity index (χ3n) is 3.84. The Kier molecular flexibility index (Phi) is 10.2. The lowest BCUT2D eigenvalue weighted by Crippen LogP contribution is -2.40. The maximum Gasteiger partial charge on any atom is 0.422 e. The first kappa shape index (κ1) is 23.6. The molecule has 0 aliphatic heterocycles. The molecule has 1 amide bonds. The minimum absolute atomic E-state index is 0.0859. The SMILES string of the molecule is CCNC(=NCc1ccc(OCC(F)(F)F)cc1)NCCC(=O)N(CC)CC. The van der Waals surface area contributed by atoms with Gasteiger partial charge < -0.3 is 20.3 Å². The molecule has 0 fully saturated rings. The summed E-state index contributed by atoms with van der Waals surface area (Å²) in [7, 11) is 0. The number of guanidine groups is 1. The van der Waals surface area contributed by atoms with Crippen molar-refractivity contribution in [3.8, 4) is 5.75 Å². The van der Waals surface area contributed by atoms with E-state index in [1.54, 1.807) is 17.0 Å². The number of halogens is 3. The predicted molar refractivity (Wildman–Crippen MR) is 103 cm³/mol. The van der Waals surface area contributed by atoms with E-state index in [4.69, 9.17) is 0 Å². The topological polar surface area (TPSA) is 66.0 Å².